The van der Waals surface area contributed by atoms with E-state index in [-0.39, 0.29) is 0 Å². The second-order valence-corrected chi connectivity index (χ2v) is 13.6. The molecule has 0 amide bonds. The Hall–Kier alpha value is -6.38. The molecule has 2 aliphatic rings. The minimum atomic E-state index is 0.971. The zero-order chi connectivity index (χ0) is 34.7. The molecule has 0 heterocycles. The molecule has 250 valence electrons. The van der Waals surface area contributed by atoms with Gasteiger partial charge in [0.2, 0.25) is 0 Å². The maximum atomic E-state index is 2.48. The second kappa shape index (κ2) is 14.1. The van der Waals surface area contributed by atoms with Gasteiger partial charge in [0.1, 0.15) is 0 Å². The fourth-order valence-corrected chi connectivity index (χ4v) is 8.09. The van der Waals surface area contributed by atoms with E-state index in [0.717, 1.165) is 25.7 Å². The molecule has 0 N–H and O–H groups in total. The second-order valence-electron chi connectivity index (χ2n) is 13.6. The van der Waals surface area contributed by atoms with Gasteiger partial charge in [-0.05, 0) is 108 Å². The summed E-state index contributed by atoms with van der Waals surface area (Å²) in [5, 5.41) is 0. The SMILES string of the molecule is C1=C(N(c2ccccc2)c2ccccc2-c2ccccc2)CCc2c1ccc1c2CCC(N(c2ccccc2)c2ccccc2-c2ccccc2)=C1. The van der Waals surface area contributed by atoms with Crippen LogP contribution in [0.5, 0.6) is 0 Å². The fourth-order valence-electron chi connectivity index (χ4n) is 8.09. The van der Waals surface area contributed by atoms with Crippen molar-refractivity contribution in [1.82, 2.24) is 0 Å². The molecule has 0 aromatic heterocycles. The first-order chi connectivity index (χ1) is 25.8. The molecule has 0 unspecified atom stereocenters. The van der Waals surface area contributed by atoms with Gasteiger partial charge in [0.15, 0.2) is 0 Å². The number of hydrogen-bond donors (Lipinski definition) is 0. The van der Waals surface area contributed by atoms with Gasteiger partial charge < -0.3 is 9.80 Å². The van der Waals surface area contributed by atoms with Crippen LogP contribution in [0.25, 0.3) is 34.4 Å². The average Bonchev–Trinajstić information content (AvgIpc) is 3.23. The van der Waals surface area contributed by atoms with Gasteiger partial charge in [-0.1, -0.05) is 146 Å². The topological polar surface area (TPSA) is 6.48 Å². The van der Waals surface area contributed by atoms with Crippen LogP contribution in [0.1, 0.15) is 35.1 Å². The van der Waals surface area contributed by atoms with Crippen LogP contribution >= 0.6 is 0 Å². The Morgan fingerprint density at radius 2 is 0.654 bits per heavy atom. The lowest BCUT2D eigenvalue weighted by molar-refractivity contribution is 0.838. The Balaban J connectivity index is 1.12. The molecular formula is C50H40N2. The molecule has 0 aliphatic heterocycles. The lowest BCUT2D eigenvalue weighted by Gasteiger charge is -2.34. The quantitative estimate of drug-likeness (QED) is 0.159. The Morgan fingerprint density at radius 1 is 0.308 bits per heavy atom. The van der Waals surface area contributed by atoms with Crippen molar-refractivity contribution in [3.05, 3.63) is 216 Å². The summed E-state index contributed by atoms with van der Waals surface area (Å²) < 4.78 is 0. The summed E-state index contributed by atoms with van der Waals surface area (Å²) in [6.45, 7) is 0. The minimum absolute atomic E-state index is 0.971. The standard InChI is InChI=1S/C50H40N2/c1-5-17-37(18-6-1)47-25-13-15-27-49(47)51(41-21-9-3-10-22-41)43-31-33-45-39(35-43)29-30-40-36-44(32-34-46(40)45)52(42-23-11-4-12-24-42)50-28-16-14-26-48(50)38-19-7-2-8-20-38/h1-30,35-36H,31-34H2. The highest BCUT2D eigenvalue weighted by Gasteiger charge is 2.27. The molecule has 7 aromatic rings. The number of fused-ring (bicyclic) bond motifs is 3. The summed E-state index contributed by atoms with van der Waals surface area (Å²) in [6.07, 6.45) is 8.86. The summed E-state index contributed by atoms with van der Waals surface area (Å²) in [4.78, 5) is 4.95. The lowest BCUT2D eigenvalue weighted by Crippen LogP contribution is -2.22. The van der Waals surface area contributed by atoms with E-state index in [9.17, 15) is 0 Å². The summed E-state index contributed by atoms with van der Waals surface area (Å²) in [5.74, 6) is 0. The molecule has 0 spiro atoms. The van der Waals surface area contributed by atoms with Crippen LogP contribution in [0.4, 0.5) is 22.7 Å². The van der Waals surface area contributed by atoms with E-state index in [1.165, 1.54) is 78.7 Å². The number of nitrogens with zero attached hydrogens (tertiary/aromatic N) is 2. The third-order valence-corrected chi connectivity index (χ3v) is 10.5. The third kappa shape index (κ3) is 6.03. The Morgan fingerprint density at radius 3 is 1.06 bits per heavy atom. The summed E-state index contributed by atoms with van der Waals surface area (Å²) in [5.41, 5.74) is 18.0. The van der Waals surface area contributed by atoms with Crippen LogP contribution in [0.3, 0.4) is 0 Å². The fraction of sp³-hybridized carbons (Fsp3) is 0.0800. The zero-order valence-corrected chi connectivity index (χ0v) is 29.2. The van der Waals surface area contributed by atoms with Gasteiger partial charge in [-0.3, -0.25) is 0 Å². The van der Waals surface area contributed by atoms with E-state index in [2.05, 4.69) is 204 Å². The van der Waals surface area contributed by atoms with Crippen molar-refractivity contribution in [1.29, 1.82) is 0 Å². The van der Waals surface area contributed by atoms with Crippen LogP contribution in [-0.2, 0) is 12.8 Å². The highest BCUT2D eigenvalue weighted by molar-refractivity contribution is 5.88. The molecule has 0 fully saturated rings. The Bertz CT molecular complexity index is 2220. The number of hydrogen-bond acceptors (Lipinski definition) is 2. The van der Waals surface area contributed by atoms with Gasteiger partial charge in [0.25, 0.3) is 0 Å². The number of anilines is 4. The van der Waals surface area contributed by atoms with Gasteiger partial charge in [0, 0.05) is 33.9 Å². The number of rotatable bonds is 8. The monoisotopic (exact) mass is 668 g/mol. The van der Waals surface area contributed by atoms with E-state index in [4.69, 9.17) is 0 Å². The van der Waals surface area contributed by atoms with E-state index in [1.807, 2.05) is 0 Å². The van der Waals surface area contributed by atoms with E-state index < -0.39 is 0 Å². The number of benzene rings is 7. The highest BCUT2D eigenvalue weighted by Crippen LogP contribution is 2.44. The first kappa shape index (κ1) is 31.6. The van der Waals surface area contributed by atoms with Crippen molar-refractivity contribution in [3.8, 4) is 22.3 Å². The van der Waals surface area contributed by atoms with Crippen molar-refractivity contribution >= 4 is 34.9 Å². The Kier molecular flexibility index (Phi) is 8.56. The molecule has 52 heavy (non-hydrogen) atoms. The first-order valence-electron chi connectivity index (χ1n) is 18.4. The molecule has 0 radical (unpaired) electrons. The van der Waals surface area contributed by atoms with Crippen molar-refractivity contribution in [2.45, 2.75) is 25.7 Å². The normalized spacial score (nSPS) is 13.3. The van der Waals surface area contributed by atoms with Gasteiger partial charge in [-0.25, -0.2) is 0 Å². The van der Waals surface area contributed by atoms with Crippen LogP contribution < -0.4 is 9.80 Å². The summed E-state index contributed by atoms with van der Waals surface area (Å²) in [6, 6.07) is 65.5. The van der Waals surface area contributed by atoms with Crippen molar-refractivity contribution in [2.75, 3.05) is 9.80 Å². The maximum absolute atomic E-state index is 2.48. The summed E-state index contributed by atoms with van der Waals surface area (Å²) in [7, 11) is 0. The van der Waals surface area contributed by atoms with Gasteiger partial charge in [-0.15, -0.1) is 0 Å². The molecule has 7 aromatic carbocycles. The van der Waals surface area contributed by atoms with Crippen LogP contribution in [0, 0.1) is 0 Å². The van der Waals surface area contributed by atoms with Gasteiger partial charge >= 0.3 is 0 Å². The highest BCUT2D eigenvalue weighted by atomic mass is 15.2. The number of para-hydroxylation sites is 4. The largest absolute Gasteiger partial charge is 0.314 e. The van der Waals surface area contributed by atoms with Crippen LogP contribution in [-0.4, -0.2) is 0 Å². The van der Waals surface area contributed by atoms with Crippen LogP contribution in [0.15, 0.2) is 193 Å². The predicted molar refractivity (Wildman–Crippen MR) is 220 cm³/mol. The maximum Gasteiger partial charge on any atom is 0.0536 e. The molecule has 2 nitrogen and oxygen atoms in total. The van der Waals surface area contributed by atoms with E-state index >= 15 is 0 Å². The average molecular weight is 669 g/mol. The molecular weight excluding hydrogens is 629 g/mol. The molecule has 0 atom stereocenters. The van der Waals surface area contributed by atoms with Crippen LogP contribution in [0.2, 0.25) is 0 Å². The van der Waals surface area contributed by atoms with Crippen molar-refractivity contribution in [2.24, 2.45) is 0 Å². The van der Waals surface area contributed by atoms with Crippen molar-refractivity contribution in [3.63, 3.8) is 0 Å². The van der Waals surface area contributed by atoms with E-state index in [1.54, 1.807) is 0 Å². The van der Waals surface area contributed by atoms with Crippen molar-refractivity contribution < 1.29 is 0 Å². The molecule has 0 saturated carbocycles. The predicted octanol–water partition coefficient (Wildman–Crippen LogP) is 13.3. The summed E-state index contributed by atoms with van der Waals surface area (Å²) >= 11 is 0. The van der Waals surface area contributed by atoms with E-state index in [0.29, 0.717) is 0 Å². The molecule has 2 heteroatoms. The smallest absolute Gasteiger partial charge is 0.0536 e. The first-order valence-corrected chi connectivity index (χ1v) is 18.4. The third-order valence-electron chi connectivity index (χ3n) is 10.5. The Labute approximate surface area is 307 Å². The molecule has 9 rings (SSSR count). The molecule has 2 aliphatic carbocycles. The molecule has 0 bridgehead atoms. The van der Waals surface area contributed by atoms with Gasteiger partial charge in [-0.2, -0.15) is 0 Å². The lowest BCUT2D eigenvalue weighted by atomic mass is 9.83. The minimum Gasteiger partial charge on any atom is -0.314 e. The van der Waals surface area contributed by atoms with Gasteiger partial charge in [0.05, 0.1) is 11.4 Å². The zero-order valence-electron chi connectivity index (χ0n) is 29.2. The number of allylic oxidation sites excluding steroid dienone is 2. The molecule has 0 saturated heterocycles.